The monoisotopic (exact) mass is 453 g/mol. The molecule has 0 radical (unpaired) electrons. The second-order valence-electron chi connectivity index (χ2n) is 7.13. The van der Waals surface area contributed by atoms with Crippen molar-refractivity contribution < 1.29 is 9.18 Å². The van der Waals surface area contributed by atoms with Gasteiger partial charge in [-0.15, -0.1) is 0 Å². The minimum atomic E-state index is -0.705. The van der Waals surface area contributed by atoms with Gasteiger partial charge in [0.15, 0.2) is 11.2 Å². The van der Waals surface area contributed by atoms with Gasteiger partial charge in [0.1, 0.15) is 12.4 Å². The van der Waals surface area contributed by atoms with E-state index in [0.29, 0.717) is 21.8 Å². The molecular formula is C22H17ClFN5O3. The Morgan fingerprint density at radius 1 is 1.06 bits per heavy atom. The van der Waals surface area contributed by atoms with Crippen LogP contribution in [-0.4, -0.2) is 25.0 Å². The van der Waals surface area contributed by atoms with Crippen LogP contribution in [0.15, 0.2) is 64.4 Å². The number of nitrogens with zero attached hydrogens (tertiary/aromatic N) is 4. The van der Waals surface area contributed by atoms with Crippen molar-refractivity contribution in [1.82, 2.24) is 19.1 Å². The molecule has 4 aromatic rings. The first-order chi connectivity index (χ1) is 15.3. The van der Waals surface area contributed by atoms with E-state index >= 15 is 0 Å². The van der Waals surface area contributed by atoms with Crippen LogP contribution in [0.25, 0.3) is 11.2 Å². The van der Waals surface area contributed by atoms with Gasteiger partial charge in [-0.1, -0.05) is 23.7 Å². The second kappa shape index (κ2) is 8.72. The number of benzene rings is 2. The Hall–Kier alpha value is -3.85. The number of hydrogen-bond donors (Lipinski definition) is 1. The summed E-state index contributed by atoms with van der Waals surface area (Å²) < 4.78 is 15.6. The van der Waals surface area contributed by atoms with Crippen molar-refractivity contribution in [3.63, 3.8) is 0 Å². The maximum Gasteiger partial charge on any atom is 0.333 e. The second-order valence-corrected chi connectivity index (χ2v) is 7.56. The molecule has 0 unspecified atom stereocenters. The van der Waals surface area contributed by atoms with Crippen LogP contribution in [-0.2, 0) is 17.9 Å². The van der Waals surface area contributed by atoms with Crippen LogP contribution in [0.2, 0.25) is 5.02 Å². The summed E-state index contributed by atoms with van der Waals surface area (Å²) in [4.78, 5) is 46.9. The molecule has 0 aliphatic carbocycles. The van der Waals surface area contributed by atoms with E-state index in [9.17, 15) is 18.8 Å². The quantitative estimate of drug-likeness (QED) is 0.501. The Balaban J connectivity index is 1.73. The highest BCUT2D eigenvalue weighted by Crippen LogP contribution is 2.14. The van der Waals surface area contributed by atoms with Crippen LogP contribution < -0.4 is 16.6 Å². The average Bonchev–Trinajstić information content (AvgIpc) is 2.78. The zero-order chi connectivity index (χ0) is 22.8. The molecule has 8 nitrogen and oxygen atoms in total. The zero-order valence-electron chi connectivity index (χ0n) is 16.9. The molecule has 2 aromatic carbocycles. The van der Waals surface area contributed by atoms with E-state index in [4.69, 9.17) is 11.6 Å². The normalized spacial score (nSPS) is 11.0. The van der Waals surface area contributed by atoms with E-state index in [2.05, 4.69) is 15.3 Å². The number of amides is 1. The first-order valence-corrected chi connectivity index (χ1v) is 9.96. The van der Waals surface area contributed by atoms with Gasteiger partial charge in [-0.25, -0.2) is 19.2 Å². The largest absolute Gasteiger partial charge is 0.333 e. The summed E-state index contributed by atoms with van der Waals surface area (Å²) in [6, 6.07) is 10.8. The number of carbonyl (C=O) groups excluding carboxylic acids is 1. The molecule has 0 saturated heterocycles. The molecule has 0 fully saturated rings. The highest BCUT2D eigenvalue weighted by Gasteiger charge is 2.18. The molecule has 0 saturated carbocycles. The van der Waals surface area contributed by atoms with Crippen LogP contribution in [0.1, 0.15) is 11.1 Å². The summed E-state index contributed by atoms with van der Waals surface area (Å²) in [7, 11) is 0. The summed E-state index contributed by atoms with van der Waals surface area (Å²) >= 11 is 5.90. The van der Waals surface area contributed by atoms with Gasteiger partial charge < -0.3 is 5.32 Å². The van der Waals surface area contributed by atoms with E-state index in [1.807, 2.05) is 0 Å². The van der Waals surface area contributed by atoms with Gasteiger partial charge in [-0.05, 0) is 48.4 Å². The first kappa shape index (κ1) is 21.4. The lowest BCUT2D eigenvalue weighted by Gasteiger charge is -2.13. The van der Waals surface area contributed by atoms with Crippen molar-refractivity contribution in [1.29, 1.82) is 0 Å². The maximum atomic E-state index is 13.5. The number of aromatic nitrogens is 4. The standard InChI is InChI=1S/C22H17ClFN5O3/c1-13-10-16(6-7-17(13)24)27-18(30)12-28-20-19(25-8-9-26-20)21(31)29(22(28)32)11-14-2-4-15(23)5-3-14/h2-10H,11-12H2,1H3,(H,27,30). The Bertz CT molecular complexity index is 1450. The number of halogens is 2. The number of nitrogens with one attached hydrogen (secondary N) is 1. The number of fused-ring (bicyclic) bond motifs is 1. The molecule has 1 amide bonds. The molecule has 0 aliphatic heterocycles. The minimum Gasteiger partial charge on any atom is -0.325 e. The zero-order valence-corrected chi connectivity index (χ0v) is 17.6. The van der Waals surface area contributed by atoms with Crippen molar-refractivity contribution in [2.75, 3.05) is 5.32 Å². The Kier molecular flexibility index (Phi) is 5.83. The van der Waals surface area contributed by atoms with Gasteiger partial charge in [0, 0.05) is 23.1 Å². The SMILES string of the molecule is Cc1cc(NC(=O)Cn2c(=O)n(Cc3ccc(Cl)cc3)c(=O)c3nccnc32)ccc1F. The smallest absolute Gasteiger partial charge is 0.325 e. The van der Waals surface area contributed by atoms with Crippen molar-refractivity contribution in [3.05, 3.63) is 97.7 Å². The third-order valence-electron chi connectivity index (χ3n) is 4.84. The minimum absolute atomic E-state index is 0.000271. The fourth-order valence-corrected chi connectivity index (χ4v) is 3.38. The Morgan fingerprint density at radius 3 is 2.50 bits per heavy atom. The summed E-state index contributed by atoms with van der Waals surface area (Å²) in [5.74, 6) is -0.934. The van der Waals surface area contributed by atoms with Gasteiger partial charge in [0.2, 0.25) is 5.91 Å². The summed E-state index contributed by atoms with van der Waals surface area (Å²) in [6.07, 6.45) is 2.68. The van der Waals surface area contributed by atoms with E-state index in [0.717, 1.165) is 9.13 Å². The van der Waals surface area contributed by atoms with Crippen LogP contribution in [0.4, 0.5) is 10.1 Å². The first-order valence-electron chi connectivity index (χ1n) is 9.58. The van der Waals surface area contributed by atoms with Gasteiger partial charge in [-0.2, -0.15) is 0 Å². The lowest BCUT2D eigenvalue weighted by molar-refractivity contribution is -0.116. The van der Waals surface area contributed by atoms with Crippen LogP contribution in [0, 0.1) is 12.7 Å². The molecule has 2 aromatic heterocycles. The molecule has 10 heteroatoms. The van der Waals surface area contributed by atoms with Gasteiger partial charge in [-0.3, -0.25) is 18.7 Å². The highest BCUT2D eigenvalue weighted by molar-refractivity contribution is 6.30. The molecule has 0 spiro atoms. The van der Waals surface area contributed by atoms with E-state index < -0.39 is 29.5 Å². The summed E-state index contributed by atoms with van der Waals surface area (Å²) in [6.45, 7) is 1.14. The van der Waals surface area contributed by atoms with Crippen LogP contribution in [0.3, 0.4) is 0 Å². The highest BCUT2D eigenvalue weighted by atomic mass is 35.5. The third kappa shape index (κ3) is 4.28. The summed E-state index contributed by atoms with van der Waals surface area (Å²) in [5.41, 5.74) is 0.0725. The average molecular weight is 454 g/mol. The molecule has 162 valence electrons. The molecule has 32 heavy (non-hydrogen) atoms. The summed E-state index contributed by atoms with van der Waals surface area (Å²) in [5, 5.41) is 3.15. The number of hydrogen-bond acceptors (Lipinski definition) is 5. The molecule has 0 bridgehead atoms. The number of aryl methyl sites for hydroxylation is 1. The third-order valence-corrected chi connectivity index (χ3v) is 5.09. The molecule has 2 heterocycles. The van der Waals surface area contributed by atoms with Crippen molar-refractivity contribution in [3.8, 4) is 0 Å². The molecular weight excluding hydrogens is 437 g/mol. The molecule has 1 N–H and O–H groups in total. The Labute approximate surface area is 185 Å². The van der Waals surface area contributed by atoms with E-state index in [1.54, 1.807) is 31.2 Å². The lowest BCUT2D eigenvalue weighted by atomic mass is 10.2. The molecule has 4 rings (SSSR count). The van der Waals surface area contributed by atoms with E-state index in [-0.39, 0.29) is 17.7 Å². The van der Waals surface area contributed by atoms with E-state index in [1.165, 1.54) is 30.6 Å². The Morgan fingerprint density at radius 2 is 1.78 bits per heavy atom. The van der Waals surface area contributed by atoms with Crippen molar-refractivity contribution in [2.45, 2.75) is 20.0 Å². The van der Waals surface area contributed by atoms with Gasteiger partial charge in [0.25, 0.3) is 5.56 Å². The lowest BCUT2D eigenvalue weighted by Crippen LogP contribution is -2.42. The number of anilines is 1. The topological polar surface area (TPSA) is 98.9 Å². The fourth-order valence-electron chi connectivity index (χ4n) is 3.25. The molecule has 0 atom stereocenters. The molecule has 0 aliphatic rings. The van der Waals surface area contributed by atoms with Crippen LogP contribution in [0.5, 0.6) is 0 Å². The maximum absolute atomic E-state index is 13.5. The number of rotatable bonds is 5. The number of carbonyl (C=O) groups is 1. The predicted octanol–water partition coefficient (Wildman–Crippen LogP) is 2.74. The fraction of sp³-hybridized carbons (Fsp3) is 0.136. The van der Waals surface area contributed by atoms with Gasteiger partial charge >= 0.3 is 5.69 Å². The van der Waals surface area contributed by atoms with Crippen molar-refractivity contribution in [2.24, 2.45) is 0 Å². The van der Waals surface area contributed by atoms with Gasteiger partial charge in [0.05, 0.1) is 6.54 Å². The van der Waals surface area contributed by atoms with Crippen molar-refractivity contribution >= 4 is 34.4 Å². The predicted molar refractivity (Wildman–Crippen MR) is 118 cm³/mol. The van der Waals surface area contributed by atoms with Crippen LogP contribution >= 0.6 is 11.6 Å².